The Morgan fingerprint density at radius 3 is 2.41 bits per heavy atom. The highest BCUT2D eigenvalue weighted by molar-refractivity contribution is 5.82. The Hall–Kier alpha value is -1.43. The summed E-state index contributed by atoms with van der Waals surface area (Å²) in [6.45, 7) is 2.30. The minimum atomic E-state index is -0.303. The van der Waals surface area contributed by atoms with E-state index < -0.39 is 0 Å². The maximum Gasteiger partial charge on any atom is 0.239 e. The van der Waals surface area contributed by atoms with Gasteiger partial charge in [0.1, 0.15) is 6.29 Å². The minimum absolute atomic E-state index is 0.0138. The second-order valence-electron chi connectivity index (χ2n) is 4.05. The van der Waals surface area contributed by atoms with E-state index in [0.29, 0.717) is 39.0 Å². The van der Waals surface area contributed by atoms with Gasteiger partial charge in [-0.3, -0.25) is 9.59 Å². The van der Waals surface area contributed by atoms with Crippen molar-refractivity contribution in [1.29, 1.82) is 0 Å². The number of carbonyl (C=O) groups excluding carboxylic acids is 3. The van der Waals surface area contributed by atoms with Crippen LogP contribution in [-0.4, -0.2) is 67.7 Å². The molecule has 96 valence electrons. The first-order chi connectivity index (χ1) is 8.22. The topological polar surface area (TPSA) is 69.7 Å². The number of nitrogens with zero attached hydrogens (tertiary/aromatic N) is 2. The van der Waals surface area contributed by atoms with Crippen molar-refractivity contribution in [1.82, 2.24) is 15.1 Å². The molecule has 1 aliphatic heterocycles. The van der Waals surface area contributed by atoms with Crippen molar-refractivity contribution >= 4 is 18.6 Å². The van der Waals surface area contributed by atoms with E-state index in [-0.39, 0.29) is 11.9 Å². The van der Waals surface area contributed by atoms with Crippen LogP contribution in [0.4, 0.5) is 0 Å². The predicted molar refractivity (Wildman–Crippen MR) is 62.4 cm³/mol. The van der Waals surface area contributed by atoms with Crippen molar-refractivity contribution in [3.8, 4) is 0 Å². The molecule has 0 spiro atoms. The van der Waals surface area contributed by atoms with E-state index in [1.807, 2.05) is 0 Å². The first kappa shape index (κ1) is 13.6. The van der Waals surface area contributed by atoms with E-state index in [4.69, 9.17) is 0 Å². The van der Waals surface area contributed by atoms with Gasteiger partial charge in [-0.1, -0.05) is 0 Å². The maximum absolute atomic E-state index is 12.1. The van der Waals surface area contributed by atoms with Crippen molar-refractivity contribution in [3.63, 3.8) is 0 Å². The van der Waals surface area contributed by atoms with Crippen molar-refractivity contribution in [2.45, 2.75) is 18.9 Å². The molecule has 17 heavy (non-hydrogen) atoms. The van der Waals surface area contributed by atoms with E-state index >= 15 is 0 Å². The van der Waals surface area contributed by atoms with E-state index in [9.17, 15) is 14.4 Å². The van der Waals surface area contributed by atoms with Gasteiger partial charge in [0.05, 0.1) is 6.04 Å². The van der Waals surface area contributed by atoms with Gasteiger partial charge in [-0.2, -0.15) is 0 Å². The molecule has 1 atom stereocenters. The Morgan fingerprint density at radius 1 is 1.29 bits per heavy atom. The van der Waals surface area contributed by atoms with Gasteiger partial charge in [0, 0.05) is 32.6 Å². The largest absolute Gasteiger partial charge is 0.342 e. The van der Waals surface area contributed by atoms with Gasteiger partial charge in [-0.25, -0.2) is 0 Å². The quantitative estimate of drug-likeness (QED) is 0.596. The number of nitrogens with one attached hydrogen (secondary N) is 1. The highest BCUT2D eigenvalue weighted by Crippen LogP contribution is 2.05. The van der Waals surface area contributed by atoms with Gasteiger partial charge in [-0.15, -0.1) is 0 Å². The number of likely N-dealkylation sites (N-methyl/N-ethyl adjacent to an activating group) is 1. The molecule has 0 radical (unpaired) electrons. The second kappa shape index (κ2) is 7.01. The average molecular weight is 241 g/mol. The van der Waals surface area contributed by atoms with Gasteiger partial charge < -0.3 is 19.9 Å². The number of piperazine rings is 1. The van der Waals surface area contributed by atoms with E-state index in [1.54, 1.807) is 16.8 Å². The normalized spacial score (nSPS) is 17.7. The van der Waals surface area contributed by atoms with Crippen LogP contribution in [0, 0.1) is 0 Å². The van der Waals surface area contributed by atoms with Crippen LogP contribution in [0.3, 0.4) is 0 Å². The van der Waals surface area contributed by atoms with Crippen LogP contribution in [0.2, 0.25) is 0 Å². The molecule has 0 aromatic rings. The van der Waals surface area contributed by atoms with Gasteiger partial charge >= 0.3 is 0 Å². The third-order valence-electron chi connectivity index (χ3n) is 2.99. The summed E-state index contributed by atoms with van der Waals surface area (Å²) in [4.78, 5) is 36.3. The molecule has 0 bridgehead atoms. The molecular weight excluding hydrogens is 222 g/mol. The third-order valence-corrected chi connectivity index (χ3v) is 2.99. The molecule has 6 nitrogen and oxygen atoms in total. The summed E-state index contributed by atoms with van der Waals surface area (Å²) < 4.78 is 0. The van der Waals surface area contributed by atoms with E-state index in [0.717, 1.165) is 12.7 Å². The maximum atomic E-state index is 12.1. The summed E-state index contributed by atoms with van der Waals surface area (Å²) >= 11 is 0. The fourth-order valence-corrected chi connectivity index (χ4v) is 1.89. The monoisotopic (exact) mass is 241 g/mol. The number of hydrogen-bond donors (Lipinski definition) is 1. The smallest absolute Gasteiger partial charge is 0.239 e. The predicted octanol–water partition coefficient (Wildman–Crippen LogP) is -1.15. The molecule has 1 heterocycles. The fourth-order valence-electron chi connectivity index (χ4n) is 1.89. The van der Waals surface area contributed by atoms with E-state index in [1.165, 1.54) is 0 Å². The summed E-state index contributed by atoms with van der Waals surface area (Å²) in [7, 11) is 1.72. The summed E-state index contributed by atoms with van der Waals surface area (Å²) in [5.74, 6) is 0.0138. The molecule has 0 unspecified atom stereocenters. The molecule has 0 saturated carbocycles. The van der Waals surface area contributed by atoms with E-state index in [2.05, 4.69) is 5.32 Å². The number of hydrogen-bond acceptors (Lipinski definition) is 4. The zero-order valence-corrected chi connectivity index (χ0v) is 10.1. The molecule has 0 aromatic carbocycles. The second-order valence-corrected chi connectivity index (χ2v) is 4.05. The molecule has 6 heteroatoms. The molecule has 1 rings (SSSR count). The van der Waals surface area contributed by atoms with Crippen molar-refractivity contribution < 1.29 is 14.4 Å². The first-order valence-electron chi connectivity index (χ1n) is 5.82. The molecule has 1 aliphatic rings. The van der Waals surface area contributed by atoms with Crippen LogP contribution in [0.5, 0.6) is 0 Å². The van der Waals surface area contributed by atoms with Crippen LogP contribution in [0.15, 0.2) is 0 Å². The number of rotatable bonds is 6. The Labute approximate surface area is 101 Å². The lowest BCUT2D eigenvalue weighted by atomic mass is 10.1. The first-order valence-corrected chi connectivity index (χ1v) is 5.82. The molecule has 0 aliphatic carbocycles. The summed E-state index contributed by atoms with van der Waals surface area (Å²) in [5, 5.41) is 2.93. The Morgan fingerprint density at radius 2 is 1.94 bits per heavy atom. The molecule has 1 fully saturated rings. The van der Waals surface area contributed by atoms with Crippen LogP contribution < -0.4 is 5.32 Å². The average Bonchev–Trinajstić information content (AvgIpc) is 2.39. The van der Waals surface area contributed by atoms with Gasteiger partial charge in [0.15, 0.2) is 0 Å². The zero-order chi connectivity index (χ0) is 12.7. The molecule has 1 N–H and O–H groups in total. The lowest BCUT2D eigenvalue weighted by Gasteiger charge is -2.34. The Balaban J connectivity index is 2.45. The summed E-state index contributed by atoms with van der Waals surface area (Å²) in [5.41, 5.74) is 0. The Kier molecular flexibility index (Phi) is 5.62. The summed E-state index contributed by atoms with van der Waals surface area (Å²) in [6.07, 6.45) is 2.53. The lowest BCUT2D eigenvalue weighted by Crippen LogP contribution is -2.53. The standard InChI is InChI=1S/C11H19N3O3/c1-12-10(3-2-8-15)11(17)14-6-4-13(9-16)5-7-14/h8-10,12H,2-7H2,1H3/t10-/m0/s1. The highest BCUT2D eigenvalue weighted by atomic mass is 16.2. The van der Waals surface area contributed by atoms with Gasteiger partial charge in [-0.05, 0) is 13.5 Å². The van der Waals surface area contributed by atoms with Crippen LogP contribution >= 0.6 is 0 Å². The SMILES string of the molecule is CN[C@@H](CCC=O)C(=O)N1CCN(C=O)CC1. The molecule has 0 aromatic heterocycles. The van der Waals surface area contributed by atoms with Crippen molar-refractivity contribution in [2.75, 3.05) is 33.2 Å². The fraction of sp³-hybridized carbons (Fsp3) is 0.727. The number of carbonyl (C=O) groups is 3. The van der Waals surface area contributed by atoms with Crippen LogP contribution in [0.1, 0.15) is 12.8 Å². The highest BCUT2D eigenvalue weighted by Gasteiger charge is 2.25. The Bertz CT molecular complexity index is 275. The lowest BCUT2D eigenvalue weighted by molar-refractivity contribution is -0.137. The number of amides is 2. The zero-order valence-electron chi connectivity index (χ0n) is 10.1. The third kappa shape index (κ3) is 3.81. The van der Waals surface area contributed by atoms with Crippen molar-refractivity contribution in [2.24, 2.45) is 0 Å². The summed E-state index contributed by atoms with van der Waals surface area (Å²) in [6, 6.07) is -0.303. The molecule has 2 amide bonds. The van der Waals surface area contributed by atoms with Gasteiger partial charge in [0.25, 0.3) is 0 Å². The van der Waals surface area contributed by atoms with Crippen molar-refractivity contribution in [3.05, 3.63) is 0 Å². The van der Waals surface area contributed by atoms with Gasteiger partial charge in [0.2, 0.25) is 12.3 Å². The molecule has 1 saturated heterocycles. The molecular formula is C11H19N3O3. The van der Waals surface area contributed by atoms with Crippen LogP contribution in [-0.2, 0) is 14.4 Å². The number of aldehydes is 1. The van der Waals surface area contributed by atoms with Crippen LogP contribution in [0.25, 0.3) is 0 Å². The minimum Gasteiger partial charge on any atom is -0.342 e.